The van der Waals surface area contributed by atoms with Crippen LogP contribution in [-0.4, -0.2) is 40.9 Å². The van der Waals surface area contributed by atoms with Crippen LogP contribution in [0.1, 0.15) is 49.1 Å². The average molecular weight is 487 g/mol. The summed E-state index contributed by atoms with van der Waals surface area (Å²) < 4.78 is 11.1. The highest BCUT2D eigenvalue weighted by Crippen LogP contribution is 2.44. The van der Waals surface area contributed by atoms with Gasteiger partial charge in [0.05, 0.1) is 25.8 Å². The second-order valence-electron chi connectivity index (χ2n) is 9.70. The van der Waals surface area contributed by atoms with Gasteiger partial charge < -0.3 is 19.5 Å². The molecule has 1 saturated heterocycles. The highest BCUT2D eigenvalue weighted by Gasteiger charge is 2.47. The first-order chi connectivity index (χ1) is 17.2. The van der Waals surface area contributed by atoms with Gasteiger partial charge in [0.2, 0.25) is 0 Å². The van der Waals surface area contributed by atoms with Crippen molar-refractivity contribution < 1.29 is 24.2 Å². The SMILES string of the molecule is COc1ccccc1C1/C(=C(\O)c2ccc(OC)c(C(C)(C)C)c2)C(=O)C(=O)N1Cc1cccnc1. The molecule has 186 valence electrons. The van der Waals surface area contributed by atoms with Gasteiger partial charge in [-0.2, -0.15) is 0 Å². The zero-order chi connectivity index (χ0) is 26.0. The number of aliphatic hydroxyl groups excluding tert-OH is 1. The Balaban J connectivity index is 1.93. The molecule has 1 N–H and O–H groups in total. The van der Waals surface area contributed by atoms with Crippen molar-refractivity contribution in [3.63, 3.8) is 0 Å². The summed E-state index contributed by atoms with van der Waals surface area (Å²) in [5.74, 6) is -0.499. The second kappa shape index (κ2) is 9.85. The van der Waals surface area contributed by atoms with E-state index in [0.29, 0.717) is 22.6 Å². The molecule has 0 radical (unpaired) electrons. The molecule has 4 rings (SSSR count). The standard InChI is InChI=1S/C29H30N2O5/c1-29(2,3)21-15-19(12-13-23(21)36-5)26(32)24-25(20-10-6-7-11-22(20)35-4)31(28(34)27(24)33)17-18-9-8-14-30-16-18/h6-16,25,32H,17H2,1-5H3/b26-24+. The highest BCUT2D eigenvalue weighted by atomic mass is 16.5. The summed E-state index contributed by atoms with van der Waals surface area (Å²) in [7, 11) is 3.13. The van der Waals surface area contributed by atoms with E-state index in [4.69, 9.17) is 9.47 Å². The zero-order valence-electron chi connectivity index (χ0n) is 21.1. The number of benzene rings is 2. The number of amides is 1. The zero-order valence-corrected chi connectivity index (χ0v) is 21.1. The number of aliphatic hydroxyl groups is 1. The lowest BCUT2D eigenvalue weighted by molar-refractivity contribution is -0.140. The maximum absolute atomic E-state index is 13.4. The fraction of sp³-hybridized carbons (Fsp3) is 0.276. The highest BCUT2D eigenvalue weighted by molar-refractivity contribution is 6.46. The van der Waals surface area contributed by atoms with Crippen LogP contribution in [0.4, 0.5) is 0 Å². The number of carbonyl (C=O) groups excluding carboxylic acids is 2. The van der Waals surface area contributed by atoms with Crippen molar-refractivity contribution in [2.45, 2.75) is 38.8 Å². The van der Waals surface area contributed by atoms with E-state index in [1.54, 1.807) is 49.8 Å². The Kier molecular flexibility index (Phi) is 6.84. The molecule has 2 heterocycles. The molecule has 1 aliphatic heterocycles. The lowest BCUT2D eigenvalue weighted by Gasteiger charge is -2.27. The quantitative estimate of drug-likeness (QED) is 0.299. The number of ketones is 1. The fourth-order valence-corrected chi connectivity index (χ4v) is 4.54. The van der Waals surface area contributed by atoms with Crippen molar-refractivity contribution >= 4 is 17.4 Å². The maximum Gasteiger partial charge on any atom is 0.295 e. The van der Waals surface area contributed by atoms with Gasteiger partial charge in [-0.25, -0.2) is 0 Å². The molecule has 7 nitrogen and oxygen atoms in total. The number of carbonyl (C=O) groups is 2. The normalized spacial score (nSPS) is 17.4. The van der Waals surface area contributed by atoms with Gasteiger partial charge in [-0.05, 0) is 41.3 Å². The Labute approximate surface area is 211 Å². The molecule has 36 heavy (non-hydrogen) atoms. The molecule has 1 fully saturated rings. The summed E-state index contributed by atoms with van der Waals surface area (Å²) in [4.78, 5) is 32.3. The third-order valence-corrected chi connectivity index (χ3v) is 6.33. The Hall–Kier alpha value is -4.13. The van der Waals surface area contributed by atoms with E-state index in [0.717, 1.165) is 11.1 Å². The van der Waals surface area contributed by atoms with Crippen molar-refractivity contribution in [2.24, 2.45) is 0 Å². The van der Waals surface area contributed by atoms with Gasteiger partial charge in [0.1, 0.15) is 17.3 Å². The van der Waals surface area contributed by atoms with Crippen LogP contribution in [0.3, 0.4) is 0 Å². The molecule has 1 amide bonds. The summed E-state index contributed by atoms with van der Waals surface area (Å²) in [6.07, 6.45) is 3.30. The van der Waals surface area contributed by atoms with Crippen LogP contribution in [0.15, 0.2) is 72.6 Å². The van der Waals surface area contributed by atoms with Gasteiger partial charge in [-0.15, -0.1) is 0 Å². The molecule has 0 saturated carbocycles. The molecule has 1 aromatic heterocycles. The molecule has 2 aromatic carbocycles. The molecule has 0 spiro atoms. The largest absolute Gasteiger partial charge is 0.507 e. The molecule has 1 atom stereocenters. The summed E-state index contributed by atoms with van der Waals surface area (Å²) in [6.45, 7) is 6.26. The smallest absolute Gasteiger partial charge is 0.295 e. The number of aromatic nitrogens is 1. The topological polar surface area (TPSA) is 89.0 Å². The second-order valence-corrected chi connectivity index (χ2v) is 9.70. The summed E-state index contributed by atoms with van der Waals surface area (Å²) in [5.41, 5.74) is 2.40. The van der Waals surface area contributed by atoms with E-state index in [-0.39, 0.29) is 23.3 Å². The van der Waals surface area contributed by atoms with Gasteiger partial charge in [0.25, 0.3) is 11.7 Å². The number of ether oxygens (including phenoxy) is 2. The van der Waals surface area contributed by atoms with Gasteiger partial charge in [-0.3, -0.25) is 14.6 Å². The number of likely N-dealkylation sites (tertiary alicyclic amines) is 1. The van der Waals surface area contributed by atoms with Crippen LogP contribution in [0.5, 0.6) is 11.5 Å². The fourth-order valence-electron chi connectivity index (χ4n) is 4.54. The third-order valence-electron chi connectivity index (χ3n) is 6.33. The minimum absolute atomic E-state index is 0.0124. The van der Waals surface area contributed by atoms with Gasteiger partial charge in [0, 0.05) is 35.6 Å². The van der Waals surface area contributed by atoms with E-state index in [1.807, 2.05) is 45.0 Å². The number of rotatable bonds is 6. The predicted octanol–water partition coefficient (Wildman–Crippen LogP) is 5.02. The first-order valence-corrected chi connectivity index (χ1v) is 11.7. The summed E-state index contributed by atoms with van der Waals surface area (Å²) in [6, 6.07) is 15.2. The predicted molar refractivity (Wildman–Crippen MR) is 137 cm³/mol. The van der Waals surface area contributed by atoms with Crippen LogP contribution in [0.25, 0.3) is 5.76 Å². The van der Waals surface area contributed by atoms with Crippen LogP contribution in [0.2, 0.25) is 0 Å². The molecular formula is C29H30N2O5. The molecule has 0 aliphatic carbocycles. The maximum atomic E-state index is 13.4. The average Bonchev–Trinajstić information content (AvgIpc) is 3.12. The number of hydrogen-bond acceptors (Lipinski definition) is 6. The van der Waals surface area contributed by atoms with Crippen molar-refractivity contribution in [3.8, 4) is 11.5 Å². The number of para-hydroxylation sites is 1. The molecule has 0 bridgehead atoms. The van der Waals surface area contributed by atoms with Gasteiger partial charge in [-0.1, -0.05) is 45.0 Å². The van der Waals surface area contributed by atoms with Gasteiger partial charge in [0.15, 0.2) is 0 Å². The third kappa shape index (κ3) is 4.56. The minimum Gasteiger partial charge on any atom is -0.507 e. The van der Waals surface area contributed by atoms with E-state index in [9.17, 15) is 14.7 Å². The first-order valence-electron chi connectivity index (χ1n) is 11.7. The monoisotopic (exact) mass is 486 g/mol. The Morgan fingerprint density at radius 1 is 1.00 bits per heavy atom. The lowest BCUT2D eigenvalue weighted by atomic mass is 9.84. The molecule has 1 aliphatic rings. The van der Waals surface area contributed by atoms with Gasteiger partial charge >= 0.3 is 0 Å². The summed E-state index contributed by atoms with van der Waals surface area (Å²) >= 11 is 0. The Morgan fingerprint density at radius 3 is 2.36 bits per heavy atom. The van der Waals surface area contributed by atoms with Crippen molar-refractivity contribution in [1.82, 2.24) is 9.88 Å². The van der Waals surface area contributed by atoms with Crippen LogP contribution in [0, 0.1) is 0 Å². The summed E-state index contributed by atoms with van der Waals surface area (Å²) in [5, 5.41) is 11.5. The molecule has 1 unspecified atom stereocenters. The van der Waals surface area contributed by atoms with E-state index in [2.05, 4.69) is 4.98 Å². The molecule has 7 heteroatoms. The van der Waals surface area contributed by atoms with Crippen molar-refractivity contribution in [2.75, 3.05) is 14.2 Å². The number of Topliss-reactive ketones (excluding diaryl/α,β-unsaturated/α-hetero) is 1. The Bertz CT molecular complexity index is 1320. The number of pyridine rings is 1. The van der Waals surface area contributed by atoms with E-state index < -0.39 is 17.7 Å². The number of nitrogens with zero attached hydrogens (tertiary/aromatic N) is 2. The number of hydrogen-bond donors (Lipinski definition) is 1. The first kappa shape index (κ1) is 25.0. The van der Waals surface area contributed by atoms with Crippen LogP contribution < -0.4 is 9.47 Å². The lowest BCUT2D eigenvalue weighted by Crippen LogP contribution is -2.29. The van der Waals surface area contributed by atoms with Crippen molar-refractivity contribution in [1.29, 1.82) is 0 Å². The van der Waals surface area contributed by atoms with Crippen LogP contribution >= 0.6 is 0 Å². The molecule has 3 aromatic rings. The van der Waals surface area contributed by atoms with Crippen LogP contribution in [-0.2, 0) is 21.5 Å². The van der Waals surface area contributed by atoms with E-state index in [1.165, 1.54) is 12.0 Å². The minimum atomic E-state index is -0.846. The van der Waals surface area contributed by atoms with Crippen molar-refractivity contribution in [3.05, 3.63) is 94.8 Å². The number of methoxy groups -OCH3 is 2. The molecular weight excluding hydrogens is 456 g/mol. The van der Waals surface area contributed by atoms with E-state index >= 15 is 0 Å². The Morgan fingerprint density at radius 2 is 1.72 bits per heavy atom.